The number of aryl methyl sites for hydroxylation is 1. The monoisotopic (exact) mass is 386 g/mol. The molecule has 1 aliphatic rings. The number of halogens is 1. The molecule has 0 fully saturated rings. The lowest BCUT2D eigenvalue weighted by Crippen LogP contribution is -2.17. The number of rotatable bonds is 3. The first-order chi connectivity index (χ1) is 12.5. The van der Waals surface area contributed by atoms with E-state index in [1.165, 1.54) is 7.11 Å². The minimum absolute atomic E-state index is 0.214. The summed E-state index contributed by atoms with van der Waals surface area (Å²) in [6, 6.07) is 7.33. The number of methoxy groups -OCH3 is 1. The molecule has 0 saturated heterocycles. The van der Waals surface area contributed by atoms with Gasteiger partial charge in [0.15, 0.2) is 0 Å². The van der Waals surface area contributed by atoms with E-state index in [9.17, 15) is 9.59 Å². The second-order valence-corrected chi connectivity index (χ2v) is 7.23. The Hall–Kier alpha value is -2.57. The van der Waals surface area contributed by atoms with Crippen molar-refractivity contribution >= 4 is 40.5 Å². The zero-order valence-corrected chi connectivity index (χ0v) is 15.6. The fourth-order valence-electron chi connectivity index (χ4n) is 3.47. The summed E-state index contributed by atoms with van der Waals surface area (Å²) in [7, 11) is 1.34. The first-order valence-corrected chi connectivity index (χ1v) is 9.27. The highest BCUT2D eigenvalue weighted by Crippen LogP contribution is 2.46. The number of fused-ring (bicyclic) bond motifs is 1. The van der Waals surface area contributed by atoms with Crippen molar-refractivity contribution in [2.75, 3.05) is 12.4 Å². The Balaban J connectivity index is 2.01. The van der Waals surface area contributed by atoms with Gasteiger partial charge in [-0.3, -0.25) is 4.79 Å². The van der Waals surface area contributed by atoms with E-state index in [1.807, 2.05) is 22.9 Å². The van der Waals surface area contributed by atoms with Gasteiger partial charge in [0, 0.05) is 22.2 Å². The SMILES string of the molecule is COC(=O)c1c(C)[nH]c(-c2ccsc2)c1[C@@H]1C(=O)Nc2c(Cl)cccc21. The van der Waals surface area contributed by atoms with Gasteiger partial charge in [0.05, 0.1) is 35.0 Å². The minimum Gasteiger partial charge on any atom is -0.465 e. The lowest BCUT2D eigenvalue weighted by molar-refractivity contribution is -0.116. The van der Waals surface area contributed by atoms with Crippen molar-refractivity contribution in [3.05, 3.63) is 62.4 Å². The van der Waals surface area contributed by atoms with Crippen LogP contribution >= 0.6 is 22.9 Å². The molecule has 2 aromatic heterocycles. The number of hydrogen-bond donors (Lipinski definition) is 2. The predicted molar refractivity (Wildman–Crippen MR) is 102 cm³/mol. The number of nitrogens with one attached hydrogen (secondary N) is 2. The topological polar surface area (TPSA) is 71.2 Å². The summed E-state index contributed by atoms with van der Waals surface area (Å²) in [5.74, 6) is -1.33. The Kier molecular flexibility index (Phi) is 4.09. The van der Waals surface area contributed by atoms with Crippen LogP contribution in [-0.4, -0.2) is 24.0 Å². The molecule has 1 aromatic carbocycles. The van der Waals surface area contributed by atoms with E-state index in [0.29, 0.717) is 27.5 Å². The van der Waals surface area contributed by atoms with Gasteiger partial charge in [-0.15, -0.1) is 0 Å². The van der Waals surface area contributed by atoms with Gasteiger partial charge in [0.25, 0.3) is 0 Å². The minimum atomic E-state index is -0.641. The average Bonchev–Trinajstić information content (AvgIpc) is 3.32. The second kappa shape index (κ2) is 6.30. The summed E-state index contributed by atoms with van der Waals surface area (Å²) in [5.41, 5.74) is 4.69. The molecular weight excluding hydrogens is 372 g/mol. The molecule has 5 nitrogen and oxygen atoms in total. The van der Waals surface area contributed by atoms with Gasteiger partial charge in [0.1, 0.15) is 0 Å². The van der Waals surface area contributed by atoms with Crippen LogP contribution in [0.1, 0.15) is 33.1 Å². The zero-order valence-electron chi connectivity index (χ0n) is 14.1. The molecule has 7 heteroatoms. The van der Waals surface area contributed by atoms with E-state index in [-0.39, 0.29) is 5.91 Å². The van der Waals surface area contributed by atoms with Crippen molar-refractivity contribution < 1.29 is 14.3 Å². The number of para-hydroxylation sites is 1. The number of amides is 1. The molecule has 0 spiro atoms. The molecule has 3 heterocycles. The highest BCUT2D eigenvalue weighted by atomic mass is 35.5. The second-order valence-electron chi connectivity index (χ2n) is 6.04. The van der Waals surface area contributed by atoms with Gasteiger partial charge in [-0.1, -0.05) is 23.7 Å². The molecule has 26 heavy (non-hydrogen) atoms. The maximum Gasteiger partial charge on any atom is 0.340 e. The Morgan fingerprint density at radius 3 is 2.81 bits per heavy atom. The standard InChI is InChI=1S/C19H15ClN2O3S/c1-9-13(19(24)25-2)15(16(21-9)10-6-7-26-8-10)14-11-4-3-5-12(20)17(11)22-18(14)23/h3-8,14,21H,1-2H3,(H,22,23)/t14-/m1/s1. The third-order valence-corrected chi connectivity index (χ3v) is 5.58. The van der Waals surface area contributed by atoms with Gasteiger partial charge in [-0.25, -0.2) is 4.79 Å². The van der Waals surface area contributed by atoms with Crippen LogP contribution in [0.4, 0.5) is 5.69 Å². The van der Waals surface area contributed by atoms with Crippen LogP contribution in [0.3, 0.4) is 0 Å². The van der Waals surface area contributed by atoms with Gasteiger partial charge in [0.2, 0.25) is 5.91 Å². The van der Waals surface area contributed by atoms with E-state index in [4.69, 9.17) is 16.3 Å². The summed E-state index contributed by atoms with van der Waals surface area (Å²) in [4.78, 5) is 28.6. The molecule has 0 bridgehead atoms. The maximum absolute atomic E-state index is 12.8. The molecule has 0 aliphatic carbocycles. The third-order valence-electron chi connectivity index (χ3n) is 4.58. The molecule has 1 atom stereocenters. The Morgan fingerprint density at radius 2 is 2.12 bits per heavy atom. The van der Waals surface area contributed by atoms with Gasteiger partial charge >= 0.3 is 5.97 Å². The molecule has 1 amide bonds. The van der Waals surface area contributed by atoms with E-state index >= 15 is 0 Å². The summed E-state index contributed by atoms with van der Waals surface area (Å²) in [6.07, 6.45) is 0. The number of aromatic nitrogens is 1. The number of ether oxygens (including phenoxy) is 1. The molecule has 0 unspecified atom stereocenters. The number of H-pyrrole nitrogens is 1. The number of carbonyl (C=O) groups excluding carboxylic acids is 2. The summed E-state index contributed by atoms with van der Waals surface area (Å²) >= 11 is 7.80. The van der Waals surface area contributed by atoms with Gasteiger partial charge in [-0.05, 0) is 30.0 Å². The predicted octanol–water partition coefficient (Wildman–Crippen LogP) is 4.58. The fourth-order valence-corrected chi connectivity index (χ4v) is 4.34. The summed E-state index contributed by atoms with van der Waals surface area (Å²) in [5, 5.41) is 7.25. The summed E-state index contributed by atoms with van der Waals surface area (Å²) < 4.78 is 4.98. The van der Waals surface area contributed by atoms with Crippen LogP contribution in [0.2, 0.25) is 5.02 Å². The quantitative estimate of drug-likeness (QED) is 0.647. The van der Waals surface area contributed by atoms with Crippen molar-refractivity contribution in [1.82, 2.24) is 4.98 Å². The van der Waals surface area contributed by atoms with Crippen molar-refractivity contribution in [1.29, 1.82) is 0 Å². The Morgan fingerprint density at radius 1 is 1.31 bits per heavy atom. The van der Waals surface area contributed by atoms with E-state index < -0.39 is 11.9 Å². The largest absolute Gasteiger partial charge is 0.465 e. The molecule has 3 aromatic rings. The Labute approximate surface area is 159 Å². The third kappa shape index (κ3) is 2.45. The first-order valence-electron chi connectivity index (χ1n) is 7.95. The highest BCUT2D eigenvalue weighted by Gasteiger charge is 2.39. The Bertz CT molecular complexity index is 1020. The molecule has 132 valence electrons. The molecular formula is C19H15ClN2O3S. The number of thiophene rings is 1. The normalized spacial score (nSPS) is 15.7. The van der Waals surface area contributed by atoms with Crippen molar-refractivity contribution in [3.8, 4) is 11.3 Å². The number of hydrogen-bond acceptors (Lipinski definition) is 4. The number of carbonyl (C=O) groups is 2. The van der Waals surface area contributed by atoms with Crippen molar-refractivity contribution in [3.63, 3.8) is 0 Å². The van der Waals surface area contributed by atoms with Crippen LogP contribution in [0.5, 0.6) is 0 Å². The number of aromatic amines is 1. The first kappa shape index (κ1) is 16.9. The van der Waals surface area contributed by atoms with Gasteiger partial charge in [-0.2, -0.15) is 11.3 Å². The van der Waals surface area contributed by atoms with Crippen LogP contribution in [0.25, 0.3) is 11.3 Å². The molecule has 1 aliphatic heterocycles. The molecule has 2 N–H and O–H groups in total. The van der Waals surface area contributed by atoms with E-state index in [2.05, 4.69) is 10.3 Å². The molecule has 4 rings (SSSR count). The number of benzene rings is 1. The zero-order chi connectivity index (χ0) is 18.4. The van der Waals surface area contributed by atoms with E-state index in [1.54, 1.807) is 30.4 Å². The lowest BCUT2D eigenvalue weighted by atomic mass is 9.88. The summed E-state index contributed by atoms with van der Waals surface area (Å²) in [6.45, 7) is 1.80. The average molecular weight is 387 g/mol. The number of esters is 1. The van der Waals surface area contributed by atoms with Crippen LogP contribution in [-0.2, 0) is 9.53 Å². The van der Waals surface area contributed by atoms with Gasteiger partial charge < -0.3 is 15.0 Å². The smallest absolute Gasteiger partial charge is 0.340 e. The molecule has 0 saturated carbocycles. The highest BCUT2D eigenvalue weighted by molar-refractivity contribution is 7.08. The van der Waals surface area contributed by atoms with Crippen LogP contribution in [0.15, 0.2) is 35.0 Å². The van der Waals surface area contributed by atoms with Crippen molar-refractivity contribution in [2.45, 2.75) is 12.8 Å². The fraction of sp³-hybridized carbons (Fsp3) is 0.158. The van der Waals surface area contributed by atoms with Crippen LogP contribution in [0, 0.1) is 6.92 Å². The maximum atomic E-state index is 12.8. The molecule has 0 radical (unpaired) electrons. The van der Waals surface area contributed by atoms with Crippen molar-refractivity contribution in [2.24, 2.45) is 0 Å². The number of anilines is 1. The van der Waals surface area contributed by atoms with Crippen LogP contribution < -0.4 is 5.32 Å². The van der Waals surface area contributed by atoms with E-state index in [0.717, 1.165) is 16.8 Å². The lowest BCUT2D eigenvalue weighted by Gasteiger charge is -2.13.